The predicted octanol–water partition coefficient (Wildman–Crippen LogP) is -12.4. The van der Waals surface area contributed by atoms with E-state index < -0.39 is 261 Å². The van der Waals surface area contributed by atoms with E-state index in [-0.39, 0.29) is 5.75 Å². The highest BCUT2D eigenvalue weighted by atomic mass is 79.9. The zero-order chi connectivity index (χ0) is 60.7. The average molecular weight is 1290 g/mol. The fraction of sp³-hybridized carbons (Fsp3) is 0.875. The van der Waals surface area contributed by atoms with Crippen LogP contribution in [0.25, 0.3) is 0 Å². The first-order chi connectivity index (χ1) is 40.1. The first kappa shape index (κ1) is 66.6. The number of halogens is 1. The van der Waals surface area contributed by atoms with Gasteiger partial charge in [0.2, 0.25) is 0 Å². The molecule has 84 heavy (non-hydrogen) atoms. The lowest BCUT2D eigenvalue weighted by Crippen LogP contribution is -2.68. The van der Waals surface area contributed by atoms with E-state index in [4.69, 9.17) is 71.1 Å². The third-order valence-electron chi connectivity index (χ3n) is 15.8. The van der Waals surface area contributed by atoms with Crippen LogP contribution in [0.1, 0.15) is 0 Å². The number of ether oxygens (including phenoxy) is 15. The van der Waals surface area contributed by atoms with Crippen molar-refractivity contribution in [1.29, 1.82) is 0 Å². The minimum absolute atomic E-state index is 0.216. The van der Waals surface area contributed by atoms with Crippen molar-refractivity contribution in [3.63, 3.8) is 0 Å². The third-order valence-corrected chi connectivity index (χ3v) is 16.4. The van der Waals surface area contributed by atoms with Crippen molar-refractivity contribution in [2.75, 3.05) is 46.2 Å². The van der Waals surface area contributed by atoms with Crippen LogP contribution in [0.2, 0.25) is 0 Å². The SMILES string of the molecule is OC[C@H]1O[C@@H]2O[C@H]3[C@H](O)[C@@H](O)[C@@H](O[C@H]4[C@H](O)[C@@H](O)[C@@H](O[C@H]5[C@H](O)[C@@H](O)[C@@H](O[C@H]6[C@H](O)[C@@H](O)[C@@H](O[C@H]7[C@H](O)[C@@H](O)[C@@H](O[C@H]8[C@H](O)[C@@H](O)[C@@H](O[C@H]1[C@H](O)[C@H]2O)O[C@@H]8CO)O[C@@H]7CO)O[C@@H]6CO)O[C@@H]5COc1ccc(Br)cc1)O[C@@H]4CO)O[C@@H]3CO. The van der Waals surface area contributed by atoms with Crippen LogP contribution in [-0.4, -0.2) is 363 Å². The second-order valence-corrected chi connectivity index (χ2v) is 22.1. The van der Waals surface area contributed by atoms with E-state index in [0.717, 1.165) is 0 Å². The van der Waals surface area contributed by atoms with Crippen LogP contribution >= 0.6 is 15.9 Å². The smallest absolute Gasteiger partial charge is 0.187 e. The van der Waals surface area contributed by atoms with E-state index in [0.29, 0.717) is 4.47 Å². The van der Waals surface area contributed by atoms with Crippen molar-refractivity contribution in [1.82, 2.24) is 0 Å². The van der Waals surface area contributed by atoms with Gasteiger partial charge in [0, 0.05) is 4.47 Å². The molecule has 1 aromatic carbocycles. The monoisotopic (exact) mass is 1290 g/mol. The number of hydrogen-bond donors (Lipinski definition) is 20. The predicted molar refractivity (Wildman–Crippen MR) is 261 cm³/mol. The maximum atomic E-state index is 11.8. The Morgan fingerprint density at radius 1 is 0.262 bits per heavy atom. The Bertz CT molecular complexity index is 2180. The standard InChI is InChI=1S/C48H73BrO35/c49-12-1-3-13(4-2-12)70-11-20-41-27(62)34(69)48(77-20)83-40-19(10-55)75-46(32(67)25(40)60)81-38-17(8-53)73-44(30(65)23(38)58)79-36-15(6-51)71-42(28(63)21(36)56)78-35-14(5-50)72-43(29(64)22(35)57)80-37-16(7-52)74-45(31(66)24(37)59)82-39-18(9-54)76-47(84-41)33(68)26(39)61/h1-4,14-48,50-69H,5-11H2/t14-,15-,16-,17-,18-,19-,20-,21-,22-,23-,24-,25-,26-,27-,28-,29-,30-,31-,32-,33-,34-,35-,36-,37-,38-,39-,40-,41-,42-,43-,44-,45-,46-,47-,48-/m1/s1. The van der Waals surface area contributed by atoms with Crippen LogP contribution in [0, 0.1) is 0 Å². The van der Waals surface area contributed by atoms with Gasteiger partial charge in [-0.3, -0.25) is 0 Å². The summed E-state index contributed by atoms with van der Waals surface area (Å²) in [5.41, 5.74) is 0. The van der Waals surface area contributed by atoms with Crippen LogP contribution in [0.4, 0.5) is 0 Å². The summed E-state index contributed by atoms with van der Waals surface area (Å²) in [5, 5.41) is 223. The van der Waals surface area contributed by atoms with Crippen LogP contribution in [0.5, 0.6) is 5.75 Å². The molecule has 14 bridgehead atoms. The topological polar surface area (TPSA) is 543 Å². The van der Waals surface area contributed by atoms with Gasteiger partial charge in [-0.15, -0.1) is 0 Å². The van der Waals surface area contributed by atoms with Crippen molar-refractivity contribution in [3.8, 4) is 5.75 Å². The van der Waals surface area contributed by atoms with Crippen LogP contribution in [0.3, 0.4) is 0 Å². The molecule has 0 saturated carbocycles. The Morgan fingerprint density at radius 3 is 0.631 bits per heavy atom. The van der Waals surface area contributed by atoms with Gasteiger partial charge in [0.05, 0.1) is 39.6 Å². The van der Waals surface area contributed by atoms with Crippen molar-refractivity contribution in [3.05, 3.63) is 28.7 Å². The van der Waals surface area contributed by atoms with Crippen molar-refractivity contribution >= 4 is 15.9 Å². The first-order valence-corrected chi connectivity index (χ1v) is 27.6. The normalized spacial score (nSPS) is 51.7. The Labute approximate surface area is 483 Å². The van der Waals surface area contributed by atoms with Gasteiger partial charge in [-0.2, -0.15) is 0 Å². The summed E-state index contributed by atoms with van der Waals surface area (Å²) in [6.07, 6.45) is -70.0. The molecule has 21 heterocycles. The van der Waals surface area contributed by atoms with Crippen molar-refractivity contribution < 1.29 is 173 Å². The first-order valence-electron chi connectivity index (χ1n) is 26.8. The highest BCUT2D eigenvalue weighted by Crippen LogP contribution is 2.39. The molecule has 35 nitrogen and oxygen atoms in total. The lowest BCUT2D eigenvalue weighted by atomic mass is 9.95. The van der Waals surface area contributed by atoms with E-state index in [1.807, 2.05) is 0 Å². The molecular formula is C48H73BrO35. The van der Waals surface area contributed by atoms with Crippen LogP contribution in [0.15, 0.2) is 28.7 Å². The molecule has 35 atom stereocenters. The molecule has 0 aromatic heterocycles. The molecule has 20 N–H and O–H groups in total. The number of rotatable bonds is 9. The Hall–Kier alpha value is -1.86. The van der Waals surface area contributed by atoms with Gasteiger partial charge in [-0.05, 0) is 24.3 Å². The molecule has 0 spiro atoms. The third kappa shape index (κ3) is 13.5. The summed E-state index contributed by atoms with van der Waals surface area (Å²) in [6, 6.07) is 6.28. The Balaban J connectivity index is 1.02. The zero-order valence-electron chi connectivity index (χ0n) is 43.9. The molecule has 36 heteroatoms. The molecule has 0 amide bonds. The second kappa shape index (κ2) is 28.5. The van der Waals surface area contributed by atoms with Crippen molar-refractivity contribution in [2.24, 2.45) is 0 Å². The van der Waals surface area contributed by atoms with Gasteiger partial charge >= 0.3 is 0 Å². The van der Waals surface area contributed by atoms with Crippen LogP contribution < -0.4 is 4.74 Å². The molecule has 482 valence electrons. The average Bonchev–Trinajstić information content (AvgIpc) is 3.48. The molecule has 21 aliphatic rings. The van der Waals surface area contributed by atoms with Gasteiger partial charge in [0.1, 0.15) is 183 Å². The Kier molecular flexibility index (Phi) is 22.6. The van der Waals surface area contributed by atoms with Gasteiger partial charge in [0.25, 0.3) is 0 Å². The summed E-state index contributed by atoms with van der Waals surface area (Å²) in [5.74, 6) is 0.216. The maximum Gasteiger partial charge on any atom is 0.187 e. The molecule has 0 aliphatic carbocycles. The molecular weight excluding hydrogens is 1220 g/mol. The molecule has 22 rings (SSSR count). The highest BCUT2D eigenvalue weighted by molar-refractivity contribution is 9.10. The summed E-state index contributed by atoms with van der Waals surface area (Å²) in [7, 11) is 0. The quantitative estimate of drug-likeness (QED) is 0.109. The molecule has 21 aliphatic heterocycles. The fourth-order valence-corrected chi connectivity index (χ4v) is 11.4. The highest BCUT2D eigenvalue weighted by Gasteiger charge is 2.59. The van der Waals surface area contributed by atoms with E-state index in [2.05, 4.69) is 15.9 Å². The molecule has 0 radical (unpaired) electrons. The van der Waals surface area contributed by atoms with Crippen LogP contribution in [-0.2, 0) is 66.3 Å². The largest absolute Gasteiger partial charge is 0.491 e. The number of benzene rings is 1. The zero-order valence-corrected chi connectivity index (χ0v) is 45.5. The molecule has 1 aromatic rings. The number of aliphatic hydroxyl groups excluding tert-OH is 20. The summed E-state index contributed by atoms with van der Waals surface area (Å²) < 4.78 is 87.7. The molecule has 0 unspecified atom stereocenters. The second-order valence-electron chi connectivity index (χ2n) is 21.2. The van der Waals surface area contributed by atoms with Gasteiger partial charge in [0.15, 0.2) is 44.0 Å². The Morgan fingerprint density at radius 2 is 0.440 bits per heavy atom. The molecule has 21 fully saturated rings. The molecule has 21 saturated heterocycles. The lowest BCUT2D eigenvalue weighted by Gasteiger charge is -2.50. The minimum Gasteiger partial charge on any atom is -0.491 e. The van der Waals surface area contributed by atoms with E-state index in [1.54, 1.807) is 12.1 Å². The summed E-state index contributed by atoms with van der Waals surface area (Å²) in [6.45, 7) is -6.84. The number of hydrogen-bond acceptors (Lipinski definition) is 35. The van der Waals surface area contributed by atoms with Gasteiger partial charge in [-0.25, -0.2) is 0 Å². The minimum atomic E-state index is -2.21. The fourth-order valence-electron chi connectivity index (χ4n) is 11.1. The summed E-state index contributed by atoms with van der Waals surface area (Å²) >= 11 is 3.31. The number of aliphatic hydroxyl groups is 20. The van der Waals surface area contributed by atoms with Crippen molar-refractivity contribution in [2.45, 2.75) is 215 Å². The summed E-state index contributed by atoms with van der Waals surface area (Å²) in [4.78, 5) is 0. The maximum absolute atomic E-state index is 11.8. The van der Waals surface area contributed by atoms with Gasteiger partial charge < -0.3 is 173 Å². The van der Waals surface area contributed by atoms with E-state index >= 15 is 0 Å². The lowest BCUT2D eigenvalue weighted by molar-refractivity contribution is -0.396. The van der Waals surface area contributed by atoms with E-state index in [1.165, 1.54) is 12.1 Å². The van der Waals surface area contributed by atoms with Gasteiger partial charge in [-0.1, -0.05) is 15.9 Å². The van der Waals surface area contributed by atoms with E-state index in [9.17, 15) is 102 Å².